The molecule has 1 fully saturated rings. The van der Waals surface area contributed by atoms with Crippen LogP contribution < -0.4 is 15.0 Å². The lowest BCUT2D eigenvalue weighted by Gasteiger charge is -2.36. The highest BCUT2D eigenvalue weighted by atomic mass is 16.5. The molecule has 1 amide bonds. The van der Waals surface area contributed by atoms with Gasteiger partial charge < -0.3 is 19.9 Å². The van der Waals surface area contributed by atoms with Crippen LogP contribution in [0.3, 0.4) is 0 Å². The van der Waals surface area contributed by atoms with Gasteiger partial charge in [0.05, 0.1) is 7.11 Å². The van der Waals surface area contributed by atoms with E-state index in [4.69, 9.17) is 4.74 Å². The molecule has 2 aromatic rings. The molecule has 1 saturated heterocycles. The smallest absolute Gasteiger partial charge is 0.272 e. The average molecular weight is 367 g/mol. The third-order valence-corrected chi connectivity index (χ3v) is 4.48. The van der Waals surface area contributed by atoms with Crippen molar-refractivity contribution < 1.29 is 9.53 Å². The van der Waals surface area contributed by atoms with Gasteiger partial charge in [0.2, 0.25) is 5.95 Å². The number of hydrogen-bond donors (Lipinski definition) is 1. The Morgan fingerprint density at radius 1 is 1.22 bits per heavy atom. The van der Waals surface area contributed by atoms with Crippen LogP contribution in [-0.2, 0) is 0 Å². The molecule has 1 aliphatic heterocycles. The molecule has 27 heavy (non-hydrogen) atoms. The maximum absolute atomic E-state index is 12.9. The Morgan fingerprint density at radius 2 is 1.93 bits per heavy atom. The first kappa shape index (κ1) is 18.7. The summed E-state index contributed by atoms with van der Waals surface area (Å²) in [6.45, 7) is 8.95. The van der Waals surface area contributed by atoms with Crippen molar-refractivity contribution in [1.29, 1.82) is 0 Å². The normalized spacial score (nSPS) is 14.0. The minimum atomic E-state index is -0.0588. The van der Waals surface area contributed by atoms with Crippen LogP contribution >= 0.6 is 0 Å². The Hall–Kier alpha value is -3.09. The molecule has 7 heteroatoms. The average Bonchev–Trinajstić information content (AvgIpc) is 2.71. The highest BCUT2D eigenvalue weighted by molar-refractivity contribution is 5.92. The molecule has 0 atom stereocenters. The summed E-state index contributed by atoms with van der Waals surface area (Å²) in [4.78, 5) is 25.6. The van der Waals surface area contributed by atoms with Crippen molar-refractivity contribution in [2.75, 3.05) is 50.1 Å². The highest BCUT2D eigenvalue weighted by Crippen LogP contribution is 2.21. The number of aromatic nitrogens is 2. The molecular weight excluding hydrogens is 342 g/mol. The number of nitrogens with zero attached hydrogens (tertiary/aromatic N) is 4. The van der Waals surface area contributed by atoms with Crippen LogP contribution in [0, 0.1) is 6.92 Å². The van der Waals surface area contributed by atoms with Gasteiger partial charge in [-0.15, -0.1) is 6.58 Å². The van der Waals surface area contributed by atoms with Crippen LogP contribution in [0.2, 0.25) is 0 Å². The van der Waals surface area contributed by atoms with Crippen LogP contribution in [0.25, 0.3) is 0 Å². The third-order valence-electron chi connectivity index (χ3n) is 4.48. The molecule has 3 rings (SSSR count). The first-order valence-electron chi connectivity index (χ1n) is 8.99. The van der Waals surface area contributed by atoms with E-state index in [0.717, 1.165) is 30.2 Å². The number of carbonyl (C=O) groups excluding carboxylic acids is 1. The van der Waals surface area contributed by atoms with E-state index in [1.54, 1.807) is 19.3 Å². The van der Waals surface area contributed by atoms with Crippen molar-refractivity contribution in [3.05, 3.63) is 54.4 Å². The molecule has 1 aliphatic rings. The SMILES string of the molecule is C=CCNc1nc(C)cc(C(=O)N2CCN(c3ccc(OC)cc3)CC2)n1. The van der Waals surface area contributed by atoms with Crippen molar-refractivity contribution in [3.63, 3.8) is 0 Å². The predicted octanol–water partition coefficient (Wildman–Crippen LogP) is 2.35. The summed E-state index contributed by atoms with van der Waals surface area (Å²) >= 11 is 0. The summed E-state index contributed by atoms with van der Waals surface area (Å²) in [6, 6.07) is 9.73. The molecule has 2 heterocycles. The first-order chi connectivity index (χ1) is 13.1. The molecule has 0 radical (unpaired) electrons. The van der Waals surface area contributed by atoms with E-state index in [1.807, 2.05) is 36.1 Å². The van der Waals surface area contributed by atoms with Crippen LogP contribution in [0.1, 0.15) is 16.2 Å². The second kappa shape index (κ2) is 8.53. The fraction of sp³-hybridized carbons (Fsp3) is 0.350. The van der Waals surface area contributed by atoms with Crippen molar-refractivity contribution in [1.82, 2.24) is 14.9 Å². The Bertz CT molecular complexity index is 799. The lowest BCUT2D eigenvalue weighted by Crippen LogP contribution is -2.49. The lowest BCUT2D eigenvalue weighted by molar-refractivity contribution is 0.0740. The summed E-state index contributed by atoms with van der Waals surface area (Å²) in [6.07, 6.45) is 1.73. The number of anilines is 2. The van der Waals surface area contributed by atoms with E-state index in [-0.39, 0.29) is 5.91 Å². The van der Waals surface area contributed by atoms with E-state index in [1.165, 1.54) is 0 Å². The van der Waals surface area contributed by atoms with Crippen LogP contribution in [-0.4, -0.2) is 60.6 Å². The number of nitrogens with one attached hydrogen (secondary N) is 1. The number of hydrogen-bond acceptors (Lipinski definition) is 6. The Balaban J connectivity index is 1.64. The summed E-state index contributed by atoms with van der Waals surface area (Å²) in [5.41, 5.74) is 2.32. The molecule has 1 N–H and O–H groups in total. The van der Waals surface area contributed by atoms with Crippen LogP contribution in [0.15, 0.2) is 43.0 Å². The molecule has 0 saturated carbocycles. The number of aryl methyl sites for hydroxylation is 1. The van der Waals surface area contributed by atoms with Gasteiger partial charge in [-0.25, -0.2) is 9.97 Å². The Kier molecular flexibility index (Phi) is 5.90. The molecule has 1 aromatic carbocycles. The Morgan fingerprint density at radius 3 is 2.56 bits per heavy atom. The third kappa shape index (κ3) is 4.55. The van der Waals surface area contributed by atoms with Gasteiger partial charge in [0.25, 0.3) is 5.91 Å². The Labute approximate surface area is 159 Å². The van der Waals surface area contributed by atoms with E-state index < -0.39 is 0 Å². The zero-order valence-corrected chi connectivity index (χ0v) is 15.8. The highest BCUT2D eigenvalue weighted by Gasteiger charge is 2.24. The standard InChI is InChI=1S/C20H25N5O2/c1-4-9-21-20-22-15(2)14-18(23-20)19(26)25-12-10-24(11-13-25)16-5-7-17(27-3)8-6-16/h4-8,14H,1,9-13H2,2-3H3,(H,21,22,23). The number of carbonyl (C=O) groups is 1. The molecule has 7 nitrogen and oxygen atoms in total. The second-order valence-electron chi connectivity index (χ2n) is 6.37. The molecule has 0 bridgehead atoms. The minimum Gasteiger partial charge on any atom is -0.497 e. The summed E-state index contributed by atoms with van der Waals surface area (Å²) < 4.78 is 5.20. The topological polar surface area (TPSA) is 70.6 Å². The van der Waals surface area contributed by atoms with Gasteiger partial charge in [-0.05, 0) is 37.3 Å². The van der Waals surface area contributed by atoms with Gasteiger partial charge in [0.15, 0.2) is 0 Å². The zero-order valence-electron chi connectivity index (χ0n) is 15.8. The number of rotatable bonds is 6. The van der Waals surface area contributed by atoms with E-state index in [0.29, 0.717) is 31.3 Å². The van der Waals surface area contributed by atoms with Crippen molar-refractivity contribution >= 4 is 17.5 Å². The van der Waals surface area contributed by atoms with Gasteiger partial charge in [-0.1, -0.05) is 6.08 Å². The largest absolute Gasteiger partial charge is 0.497 e. The maximum Gasteiger partial charge on any atom is 0.272 e. The minimum absolute atomic E-state index is 0.0588. The number of amides is 1. The fourth-order valence-corrected chi connectivity index (χ4v) is 3.04. The monoisotopic (exact) mass is 367 g/mol. The molecule has 0 unspecified atom stereocenters. The zero-order chi connectivity index (χ0) is 19.2. The van der Waals surface area contributed by atoms with E-state index >= 15 is 0 Å². The number of benzene rings is 1. The number of piperazine rings is 1. The first-order valence-corrected chi connectivity index (χ1v) is 8.99. The van der Waals surface area contributed by atoms with E-state index in [9.17, 15) is 4.79 Å². The van der Waals surface area contributed by atoms with Gasteiger partial charge >= 0.3 is 0 Å². The number of ether oxygens (including phenoxy) is 1. The molecule has 0 spiro atoms. The summed E-state index contributed by atoms with van der Waals surface area (Å²) in [5, 5.41) is 3.04. The van der Waals surface area contributed by atoms with Crippen LogP contribution in [0.4, 0.5) is 11.6 Å². The predicted molar refractivity (Wildman–Crippen MR) is 107 cm³/mol. The molecule has 1 aromatic heterocycles. The van der Waals surface area contributed by atoms with Gasteiger partial charge in [0.1, 0.15) is 11.4 Å². The second-order valence-corrected chi connectivity index (χ2v) is 6.37. The fourth-order valence-electron chi connectivity index (χ4n) is 3.04. The van der Waals surface area contributed by atoms with E-state index in [2.05, 4.69) is 26.8 Å². The van der Waals surface area contributed by atoms with Crippen molar-refractivity contribution in [3.8, 4) is 5.75 Å². The van der Waals surface area contributed by atoms with Gasteiger partial charge in [0, 0.05) is 44.1 Å². The summed E-state index contributed by atoms with van der Waals surface area (Å²) in [5.74, 6) is 1.24. The quantitative estimate of drug-likeness (QED) is 0.791. The van der Waals surface area contributed by atoms with Crippen molar-refractivity contribution in [2.24, 2.45) is 0 Å². The maximum atomic E-state index is 12.9. The van der Waals surface area contributed by atoms with Crippen LogP contribution in [0.5, 0.6) is 5.75 Å². The molecule has 0 aliphatic carbocycles. The molecular formula is C20H25N5O2. The summed E-state index contributed by atoms with van der Waals surface area (Å²) in [7, 11) is 1.66. The molecule has 142 valence electrons. The van der Waals surface area contributed by atoms with Crippen molar-refractivity contribution in [2.45, 2.75) is 6.92 Å². The lowest BCUT2D eigenvalue weighted by atomic mass is 10.2. The number of methoxy groups -OCH3 is 1. The van der Waals surface area contributed by atoms with Gasteiger partial charge in [-0.3, -0.25) is 4.79 Å². The van der Waals surface area contributed by atoms with Gasteiger partial charge in [-0.2, -0.15) is 0 Å².